The van der Waals surface area contributed by atoms with Crippen LogP contribution in [0.2, 0.25) is 5.02 Å². The number of halogens is 1. The molecule has 4 nitrogen and oxygen atoms in total. The van der Waals surface area contributed by atoms with Crippen molar-refractivity contribution < 1.29 is 9.53 Å². The molecule has 2 aromatic carbocycles. The predicted octanol–water partition coefficient (Wildman–Crippen LogP) is 3.93. The lowest BCUT2D eigenvalue weighted by Crippen LogP contribution is -2.30. The van der Waals surface area contributed by atoms with Crippen LogP contribution in [0.25, 0.3) is 0 Å². The van der Waals surface area contributed by atoms with Crippen LogP contribution in [0.4, 0.5) is 10.5 Å². The molecule has 0 bridgehead atoms. The van der Waals surface area contributed by atoms with Crippen LogP contribution >= 0.6 is 11.6 Å². The Hall–Kier alpha value is -2.20. The van der Waals surface area contributed by atoms with E-state index in [1.54, 1.807) is 24.3 Å². The maximum atomic E-state index is 11.6. The average Bonchev–Trinajstić information content (AvgIpc) is 2.50. The molecular weight excluding hydrogens is 288 g/mol. The van der Waals surface area contributed by atoms with Gasteiger partial charge in [-0.2, -0.15) is 0 Å². The first-order valence-electron chi connectivity index (χ1n) is 6.72. The van der Waals surface area contributed by atoms with Crippen LogP contribution in [0.1, 0.15) is 6.42 Å². The van der Waals surface area contributed by atoms with Crippen LogP contribution < -0.4 is 15.4 Å². The highest BCUT2D eigenvalue weighted by molar-refractivity contribution is 6.30. The van der Waals surface area contributed by atoms with Gasteiger partial charge in [-0.1, -0.05) is 29.8 Å². The molecule has 0 heterocycles. The van der Waals surface area contributed by atoms with E-state index in [1.807, 2.05) is 30.3 Å². The van der Waals surface area contributed by atoms with Gasteiger partial charge in [-0.3, -0.25) is 0 Å². The highest BCUT2D eigenvalue weighted by atomic mass is 35.5. The number of urea groups is 1. The minimum absolute atomic E-state index is 0.239. The summed E-state index contributed by atoms with van der Waals surface area (Å²) in [6, 6.07) is 16.3. The molecule has 0 atom stereocenters. The van der Waals surface area contributed by atoms with Crippen LogP contribution in [0.15, 0.2) is 54.6 Å². The van der Waals surface area contributed by atoms with Gasteiger partial charge in [0, 0.05) is 17.3 Å². The van der Waals surface area contributed by atoms with Gasteiger partial charge in [-0.15, -0.1) is 0 Å². The number of carbonyl (C=O) groups excluding carboxylic acids is 1. The molecule has 0 spiro atoms. The standard InChI is InChI=1S/C16H17ClN2O2/c17-13-7-9-14(10-8-13)19-16(20)18-11-4-12-21-15-5-2-1-3-6-15/h1-3,5-10H,4,11-12H2,(H2,18,19,20). The number of ether oxygens (including phenoxy) is 1. The van der Waals surface area contributed by atoms with E-state index in [0.29, 0.717) is 23.9 Å². The minimum Gasteiger partial charge on any atom is -0.494 e. The van der Waals surface area contributed by atoms with Gasteiger partial charge in [0.25, 0.3) is 0 Å². The van der Waals surface area contributed by atoms with Gasteiger partial charge in [0.05, 0.1) is 6.61 Å². The summed E-state index contributed by atoms with van der Waals surface area (Å²) in [5.74, 6) is 0.836. The SMILES string of the molecule is O=C(NCCCOc1ccccc1)Nc1ccc(Cl)cc1. The average molecular weight is 305 g/mol. The molecule has 0 aliphatic rings. The first kappa shape index (κ1) is 15.2. The molecule has 0 saturated carbocycles. The zero-order valence-corrected chi connectivity index (χ0v) is 12.3. The Labute approximate surface area is 129 Å². The number of rotatable bonds is 6. The van der Waals surface area contributed by atoms with E-state index in [4.69, 9.17) is 16.3 Å². The Morgan fingerprint density at radius 3 is 2.48 bits per heavy atom. The van der Waals surface area contributed by atoms with Crippen molar-refractivity contribution in [1.82, 2.24) is 5.32 Å². The lowest BCUT2D eigenvalue weighted by atomic mass is 10.3. The fourth-order valence-corrected chi connectivity index (χ4v) is 1.82. The van der Waals surface area contributed by atoms with E-state index in [1.165, 1.54) is 0 Å². The van der Waals surface area contributed by atoms with Crippen LogP contribution in [0.5, 0.6) is 5.75 Å². The lowest BCUT2D eigenvalue weighted by molar-refractivity contribution is 0.250. The first-order valence-corrected chi connectivity index (χ1v) is 7.10. The number of amides is 2. The Morgan fingerprint density at radius 1 is 1.05 bits per heavy atom. The number of benzene rings is 2. The van der Waals surface area contributed by atoms with Gasteiger partial charge in [-0.25, -0.2) is 4.79 Å². The van der Waals surface area contributed by atoms with Crippen LogP contribution in [0.3, 0.4) is 0 Å². The second kappa shape index (κ2) is 8.17. The third kappa shape index (κ3) is 5.75. The van der Waals surface area contributed by atoms with Gasteiger partial charge in [-0.05, 0) is 42.8 Å². The van der Waals surface area contributed by atoms with Crippen molar-refractivity contribution in [2.24, 2.45) is 0 Å². The molecule has 0 unspecified atom stereocenters. The quantitative estimate of drug-likeness (QED) is 0.794. The van der Waals surface area contributed by atoms with Crippen LogP contribution in [0, 0.1) is 0 Å². The maximum Gasteiger partial charge on any atom is 0.319 e. The molecule has 0 aliphatic carbocycles. The van der Waals surface area contributed by atoms with Gasteiger partial charge < -0.3 is 15.4 Å². The molecule has 0 fully saturated rings. The fourth-order valence-electron chi connectivity index (χ4n) is 1.69. The van der Waals surface area contributed by atoms with Crippen molar-refractivity contribution in [3.8, 4) is 5.75 Å². The molecule has 0 aromatic heterocycles. The molecule has 0 aliphatic heterocycles. The summed E-state index contributed by atoms with van der Waals surface area (Å²) in [5.41, 5.74) is 0.706. The summed E-state index contributed by atoms with van der Waals surface area (Å²) < 4.78 is 5.53. The molecule has 2 N–H and O–H groups in total. The van der Waals surface area contributed by atoms with E-state index < -0.39 is 0 Å². The second-order valence-electron chi connectivity index (χ2n) is 4.40. The summed E-state index contributed by atoms with van der Waals surface area (Å²) in [5, 5.41) is 6.14. The third-order valence-electron chi connectivity index (χ3n) is 2.72. The van der Waals surface area contributed by atoms with Crippen molar-refractivity contribution in [2.45, 2.75) is 6.42 Å². The highest BCUT2D eigenvalue weighted by Gasteiger charge is 2.00. The van der Waals surface area contributed by atoms with Gasteiger partial charge >= 0.3 is 6.03 Å². The van der Waals surface area contributed by atoms with E-state index in [0.717, 1.165) is 12.2 Å². The number of carbonyl (C=O) groups is 1. The topological polar surface area (TPSA) is 50.4 Å². The number of anilines is 1. The molecule has 5 heteroatoms. The van der Waals surface area contributed by atoms with Gasteiger partial charge in [0.1, 0.15) is 5.75 Å². The molecule has 21 heavy (non-hydrogen) atoms. The zero-order valence-electron chi connectivity index (χ0n) is 11.5. The molecule has 2 aromatic rings. The third-order valence-corrected chi connectivity index (χ3v) is 2.97. The van der Waals surface area contributed by atoms with Crippen molar-refractivity contribution in [3.63, 3.8) is 0 Å². The van der Waals surface area contributed by atoms with Crippen molar-refractivity contribution in [2.75, 3.05) is 18.5 Å². The van der Waals surface area contributed by atoms with Crippen molar-refractivity contribution in [1.29, 1.82) is 0 Å². The summed E-state index contributed by atoms with van der Waals surface area (Å²) in [7, 11) is 0. The number of hydrogen-bond donors (Lipinski definition) is 2. The molecule has 110 valence electrons. The Balaban J connectivity index is 1.60. The largest absolute Gasteiger partial charge is 0.494 e. The summed E-state index contributed by atoms with van der Waals surface area (Å²) in [6.07, 6.45) is 0.739. The normalized spacial score (nSPS) is 9.95. The number of hydrogen-bond acceptors (Lipinski definition) is 2. The van der Waals surface area contributed by atoms with Gasteiger partial charge in [0.2, 0.25) is 0 Å². The second-order valence-corrected chi connectivity index (χ2v) is 4.84. The number of nitrogens with one attached hydrogen (secondary N) is 2. The molecule has 2 rings (SSSR count). The molecular formula is C16H17ClN2O2. The van der Waals surface area contributed by atoms with Crippen LogP contribution in [-0.2, 0) is 0 Å². The van der Waals surface area contributed by atoms with E-state index in [-0.39, 0.29) is 6.03 Å². The van der Waals surface area contributed by atoms with Crippen molar-refractivity contribution >= 4 is 23.3 Å². The zero-order chi connectivity index (χ0) is 14.9. The lowest BCUT2D eigenvalue weighted by Gasteiger charge is -2.08. The fraction of sp³-hybridized carbons (Fsp3) is 0.188. The summed E-state index contributed by atoms with van der Waals surface area (Å²) >= 11 is 5.77. The van der Waals surface area contributed by atoms with Crippen LogP contribution in [-0.4, -0.2) is 19.2 Å². The van der Waals surface area contributed by atoms with E-state index >= 15 is 0 Å². The Bertz CT molecular complexity index is 558. The molecule has 0 radical (unpaired) electrons. The maximum absolute atomic E-state index is 11.6. The van der Waals surface area contributed by atoms with Gasteiger partial charge in [0.15, 0.2) is 0 Å². The highest BCUT2D eigenvalue weighted by Crippen LogP contribution is 2.13. The monoisotopic (exact) mass is 304 g/mol. The molecule has 0 saturated heterocycles. The summed E-state index contributed by atoms with van der Waals surface area (Å²) in [4.78, 5) is 11.6. The van der Waals surface area contributed by atoms with Crippen molar-refractivity contribution in [3.05, 3.63) is 59.6 Å². The minimum atomic E-state index is -0.239. The first-order chi connectivity index (χ1) is 10.2. The Morgan fingerprint density at radius 2 is 1.76 bits per heavy atom. The van der Waals surface area contributed by atoms with E-state index in [2.05, 4.69) is 10.6 Å². The Kier molecular flexibility index (Phi) is 5.91. The number of para-hydroxylation sites is 1. The smallest absolute Gasteiger partial charge is 0.319 e. The summed E-state index contributed by atoms with van der Waals surface area (Å²) in [6.45, 7) is 1.11. The van der Waals surface area contributed by atoms with E-state index in [9.17, 15) is 4.79 Å². The molecule has 2 amide bonds. The predicted molar refractivity (Wildman–Crippen MR) is 85.0 cm³/mol.